The standard InChI is InChI=1S/C25H32N4O3.ClH/c1-5-32-25(31)23-21(16-29-11-6-7-12-29)28(4)20-13-18(17-9-8-10-26-14-17)24(30)19(22(20)23)15-27(2)3;/h8-10,13-14,30H,5-7,11-12,15-16H2,1-4H3;1H. The molecule has 0 atom stereocenters. The summed E-state index contributed by atoms with van der Waals surface area (Å²) in [6.07, 6.45) is 5.82. The molecule has 1 aromatic carbocycles. The van der Waals surface area contributed by atoms with Crippen LogP contribution in [0.4, 0.5) is 0 Å². The number of pyridine rings is 1. The third kappa shape index (κ3) is 4.86. The topological polar surface area (TPSA) is 70.8 Å². The molecular formula is C25H33ClN4O3. The van der Waals surface area contributed by atoms with Crippen LogP contribution in [0.3, 0.4) is 0 Å². The molecule has 3 aromatic rings. The average Bonchev–Trinajstić information content (AvgIpc) is 3.38. The molecule has 1 aliphatic rings. The quantitative estimate of drug-likeness (QED) is 0.519. The third-order valence-corrected chi connectivity index (χ3v) is 6.18. The van der Waals surface area contributed by atoms with Crippen molar-refractivity contribution in [3.05, 3.63) is 47.4 Å². The van der Waals surface area contributed by atoms with Crippen molar-refractivity contribution in [2.24, 2.45) is 7.05 Å². The zero-order valence-electron chi connectivity index (χ0n) is 19.8. The molecule has 3 heterocycles. The van der Waals surface area contributed by atoms with E-state index in [1.807, 2.05) is 51.2 Å². The molecular weight excluding hydrogens is 440 g/mol. The van der Waals surface area contributed by atoms with Crippen molar-refractivity contribution in [1.29, 1.82) is 0 Å². The van der Waals surface area contributed by atoms with Gasteiger partial charge in [-0.25, -0.2) is 4.79 Å². The molecule has 0 unspecified atom stereocenters. The van der Waals surface area contributed by atoms with Crippen LogP contribution in [-0.4, -0.2) is 64.2 Å². The maximum absolute atomic E-state index is 13.2. The number of carbonyl (C=O) groups excluding carboxylic acids is 1. The first kappa shape index (κ1) is 25.0. The van der Waals surface area contributed by atoms with Gasteiger partial charge in [-0.1, -0.05) is 6.07 Å². The van der Waals surface area contributed by atoms with Gasteiger partial charge in [-0.05, 0) is 59.1 Å². The molecule has 8 heteroatoms. The zero-order valence-corrected chi connectivity index (χ0v) is 20.6. The first-order valence-electron chi connectivity index (χ1n) is 11.2. The van der Waals surface area contributed by atoms with Crippen molar-refractivity contribution in [3.8, 4) is 16.9 Å². The number of hydrogen-bond acceptors (Lipinski definition) is 6. The van der Waals surface area contributed by atoms with Gasteiger partial charge >= 0.3 is 5.97 Å². The van der Waals surface area contributed by atoms with E-state index in [-0.39, 0.29) is 24.1 Å². The highest BCUT2D eigenvalue weighted by Crippen LogP contribution is 2.42. The molecule has 1 N–H and O–H groups in total. The first-order valence-corrected chi connectivity index (χ1v) is 11.2. The van der Waals surface area contributed by atoms with Gasteiger partial charge in [0.15, 0.2) is 0 Å². The van der Waals surface area contributed by atoms with Crippen molar-refractivity contribution in [2.45, 2.75) is 32.9 Å². The van der Waals surface area contributed by atoms with Crippen molar-refractivity contribution in [1.82, 2.24) is 19.4 Å². The van der Waals surface area contributed by atoms with Crippen molar-refractivity contribution >= 4 is 29.3 Å². The minimum absolute atomic E-state index is 0. The number of benzene rings is 1. The van der Waals surface area contributed by atoms with Crippen LogP contribution in [0.25, 0.3) is 22.0 Å². The van der Waals surface area contributed by atoms with E-state index in [1.165, 1.54) is 12.8 Å². The summed E-state index contributed by atoms with van der Waals surface area (Å²) in [6.45, 7) is 5.36. The molecule has 7 nitrogen and oxygen atoms in total. The Hall–Kier alpha value is -2.61. The Labute approximate surface area is 201 Å². The largest absolute Gasteiger partial charge is 0.507 e. The summed E-state index contributed by atoms with van der Waals surface area (Å²) in [5, 5.41) is 12.2. The summed E-state index contributed by atoms with van der Waals surface area (Å²) < 4.78 is 7.59. The third-order valence-electron chi connectivity index (χ3n) is 6.18. The summed E-state index contributed by atoms with van der Waals surface area (Å²) in [7, 11) is 5.92. The Balaban J connectivity index is 0.00000306. The molecule has 0 aliphatic carbocycles. The predicted octanol–water partition coefficient (Wildman–Crippen LogP) is 4.20. The number of ether oxygens (including phenoxy) is 1. The van der Waals surface area contributed by atoms with E-state index in [2.05, 4.69) is 14.5 Å². The summed E-state index contributed by atoms with van der Waals surface area (Å²) in [5.74, 6) is -0.149. The van der Waals surface area contributed by atoms with Crippen LogP contribution in [0.5, 0.6) is 5.75 Å². The van der Waals surface area contributed by atoms with Crippen LogP contribution in [-0.2, 0) is 24.9 Å². The van der Waals surface area contributed by atoms with Gasteiger partial charge in [0.2, 0.25) is 0 Å². The Kier molecular flexibility index (Phi) is 8.00. The molecule has 0 bridgehead atoms. The number of fused-ring (bicyclic) bond motifs is 1. The van der Waals surface area contributed by atoms with Crippen LogP contribution in [0.1, 0.15) is 41.4 Å². The molecule has 0 amide bonds. The molecule has 1 fully saturated rings. The van der Waals surface area contributed by atoms with E-state index in [1.54, 1.807) is 12.4 Å². The van der Waals surface area contributed by atoms with Gasteiger partial charge in [-0.15, -0.1) is 12.4 Å². The fourth-order valence-electron chi connectivity index (χ4n) is 4.69. The highest BCUT2D eigenvalue weighted by atomic mass is 35.5. The lowest BCUT2D eigenvalue weighted by Crippen LogP contribution is -2.22. The summed E-state index contributed by atoms with van der Waals surface area (Å²) >= 11 is 0. The van der Waals surface area contributed by atoms with E-state index in [0.717, 1.165) is 40.8 Å². The number of aryl methyl sites for hydroxylation is 1. The van der Waals surface area contributed by atoms with Gasteiger partial charge in [-0.3, -0.25) is 9.88 Å². The Morgan fingerprint density at radius 1 is 1.27 bits per heavy atom. The van der Waals surface area contributed by atoms with E-state index < -0.39 is 0 Å². The number of hydrogen-bond donors (Lipinski definition) is 1. The van der Waals surface area contributed by atoms with Gasteiger partial charge < -0.3 is 19.3 Å². The number of rotatable bonds is 7. The number of phenols is 1. The number of aromatic nitrogens is 2. The van der Waals surface area contributed by atoms with Crippen LogP contribution >= 0.6 is 12.4 Å². The second kappa shape index (κ2) is 10.5. The number of halogens is 1. The Morgan fingerprint density at radius 2 is 2.00 bits per heavy atom. The second-order valence-corrected chi connectivity index (χ2v) is 8.71. The highest BCUT2D eigenvalue weighted by molar-refractivity contribution is 6.09. The summed E-state index contributed by atoms with van der Waals surface area (Å²) in [4.78, 5) is 21.8. The van der Waals surface area contributed by atoms with Gasteiger partial charge in [0.1, 0.15) is 5.75 Å². The van der Waals surface area contributed by atoms with Crippen LogP contribution in [0, 0.1) is 0 Å². The number of esters is 1. The van der Waals surface area contributed by atoms with E-state index in [9.17, 15) is 9.90 Å². The van der Waals surface area contributed by atoms with Gasteiger partial charge in [0.05, 0.1) is 17.7 Å². The van der Waals surface area contributed by atoms with Gasteiger partial charge in [-0.2, -0.15) is 0 Å². The van der Waals surface area contributed by atoms with Crippen molar-refractivity contribution < 1.29 is 14.6 Å². The van der Waals surface area contributed by atoms with Crippen molar-refractivity contribution in [3.63, 3.8) is 0 Å². The van der Waals surface area contributed by atoms with Crippen LogP contribution < -0.4 is 0 Å². The fourth-order valence-corrected chi connectivity index (χ4v) is 4.69. The number of aromatic hydroxyl groups is 1. The Bertz CT molecular complexity index is 1120. The smallest absolute Gasteiger partial charge is 0.340 e. The predicted molar refractivity (Wildman–Crippen MR) is 133 cm³/mol. The molecule has 1 aliphatic heterocycles. The number of likely N-dealkylation sites (tertiary alicyclic amines) is 1. The number of carbonyl (C=O) groups is 1. The summed E-state index contributed by atoms with van der Waals surface area (Å²) in [6, 6.07) is 5.77. The van der Waals surface area contributed by atoms with Gasteiger partial charge in [0.25, 0.3) is 0 Å². The minimum atomic E-state index is -0.333. The van der Waals surface area contributed by atoms with Crippen LogP contribution in [0.15, 0.2) is 30.6 Å². The van der Waals surface area contributed by atoms with E-state index >= 15 is 0 Å². The molecule has 0 spiro atoms. The molecule has 0 radical (unpaired) electrons. The van der Waals surface area contributed by atoms with Crippen molar-refractivity contribution in [2.75, 3.05) is 33.8 Å². The fraction of sp³-hybridized carbons (Fsp3) is 0.440. The number of nitrogens with zero attached hydrogens (tertiary/aromatic N) is 4. The zero-order chi connectivity index (χ0) is 22.8. The number of phenolic OH excluding ortho intramolecular Hbond substituents is 1. The lowest BCUT2D eigenvalue weighted by molar-refractivity contribution is 0.0526. The van der Waals surface area contributed by atoms with E-state index in [0.29, 0.717) is 30.8 Å². The molecule has 2 aromatic heterocycles. The monoisotopic (exact) mass is 472 g/mol. The molecule has 4 rings (SSSR count). The normalized spacial score (nSPS) is 14.1. The molecule has 0 saturated carbocycles. The lowest BCUT2D eigenvalue weighted by atomic mass is 9.96. The van der Waals surface area contributed by atoms with Gasteiger partial charge in [0, 0.05) is 60.3 Å². The molecule has 178 valence electrons. The highest BCUT2D eigenvalue weighted by Gasteiger charge is 2.29. The molecule has 1 saturated heterocycles. The van der Waals surface area contributed by atoms with E-state index in [4.69, 9.17) is 4.74 Å². The first-order chi connectivity index (χ1) is 15.4. The molecule has 33 heavy (non-hydrogen) atoms. The maximum atomic E-state index is 13.2. The SMILES string of the molecule is CCOC(=O)c1c(CN2CCCC2)n(C)c2cc(-c3cccnc3)c(O)c(CN(C)C)c12.Cl. The summed E-state index contributed by atoms with van der Waals surface area (Å²) in [5.41, 5.74) is 4.70. The van der Waals surface area contributed by atoms with Crippen LogP contribution in [0.2, 0.25) is 0 Å². The maximum Gasteiger partial charge on any atom is 0.340 e. The second-order valence-electron chi connectivity index (χ2n) is 8.71. The Morgan fingerprint density at radius 3 is 2.61 bits per heavy atom. The average molecular weight is 473 g/mol. The minimum Gasteiger partial charge on any atom is -0.507 e. The lowest BCUT2D eigenvalue weighted by Gasteiger charge is -2.17.